The number of hydrogen-bond acceptors (Lipinski definition) is 3. The van der Waals surface area contributed by atoms with E-state index in [0.29, 0.717) is 26.3 Å². The van der Waals surface area contributed by atoms with Gasteiger partial charge in [-0.1, -0.05) is 33.3 Å². The first-order valence-electron chi connectivity index (χ1n) is 7.95. The molecule has 5 nitrogen and oxygen atoms in total. The first-order chi connectivity index (χ1) is 10.5. The SMILES string of the molecule is CCCCNC(=O)NCC(C)(C)c1ccc2c(c1)OCCO2. The Morgan fingerprint density at radius 3 is 2.64 bits per heavy atom. The summed E-state index contributed by atoms with van der Waals surface area (Å²) in [6.07, 6.45) is 2.07. The third-order valence-electron chi connectivity index (χ3n) is 3.83. The summed E-state index contributed by atoms with van der Waals surface area (Å²) in [5, 5.41) is 5.80. The fourth-order valence-corrected chi connectivity index (χ4v) is 2.31. The minimum Gasteiger partial charge on any atom is -0.486 e. The van der Waals surface area contributed by atoms with Crippen LogP contribution < -0.4 is 20.1 Å². The Balaban J connectivity index is 1.93. The quantitative estimate of drug-likeness (QED) is 0.795. The van der Waals surface area contributed by atoms with Crippen LogP contribution in [0.2, 0.25) is 0 Å². The van der Waals surface area contributed by atoms with E-state index in [2.05, 4.69) is 31.4 Å². The molecule has 2 N–H and O–H groups in total. The van der Waals surface area contributed by atoms with Crippen LogP contribution in [0.15, 0.2) is 18.2 Å². The Morgan fingerprint density at radius 2 is 1.91 bits per heavy atom. The van der Waals surface area contributed by atoms with Gasteiger partial charge in [-0.05, 0) is 24.1 Å². The zero-order chi connectivity index (χ0) is 16.0. The van der Waals surface area contributed by atoms with E-state index in [9.17, 15) is 4.79 Å². The van der Waals surface area contributed by atoms with Gasteiger partial charge in [0.15, 0.2) is 11.5 Å². The number of benzene rings is 1. The highest BCUT2D eigenvalue weighted by Crippen LogP contribution is 2.34. The van der Waals surface area contributed by atoms with Gasteiger partial charge >= 0.3 is 6.03 Å². The molecular weight excluding hydrogens is 280 g/mol. The van der Waals surface area contributed by atoms with E-state index in [0.717, 1.165) is 29.9 Å². The fourth-order valence-electron chi connectivity index (χ4n) is 2.31. The summed E-state index contributed by atoms with van der Waals surface area (Å²) in [5.74, 6) is 1.57. The van der Waals surface area contributed by atoms with Crippen LogP contribution in [-0.2, 0) is 5.41 Å². The van der Waals surface area contributed by atoms with Gasteiger partial charge in [-0.2, -0.15) is 0 Å². The number of fused-ring (bicyclic) bond motifs is 1. The lowest BCUT2D eigenvalue weighted by atomic mass is 9.84. The smallest absolute Gasteiger partial charge is 0.314 e. The van der Waals surface area contributed by atoms with Crippen LogP contribution >= 0.6 is 0 Å². The zero-order valence-corrected chi connectivity index (χ0v) is 13.7. The number of carbonyl (C=O) groups is 1. The monoisotopic (exact) mass is 306 g/mol. The number of nitrogens with one attached hydrogen (secondary N) is 2. The molecule has 0 atom stereocenters. The molecule has 1 heterocycles. The van der Waals surface area contributed by atoms with Crippen molar-refractivity contribution in [3.63, 3.8) is 0 Å². The van der Waals surface area contributed by atoms with Crippen LogP contribution in [-0.4, -0.2) is 32.3 Å². The normalized spacial score (nSPS) is 13.6. The first-order valence-corrected chi connectivity index (χ1v) is 7.95. The average molecular weight is 306 g/mol. The summed E-state index contributed by atoms with van der Waals surface area (Å²) in [4.78, 5) is 11.8. The second-order valence-corrected chi connectivity index (χ2v) is 6.21. The van der Waals surface area contributed by atoms with Gasteiger partial charge in [-0.15, -0.1) is 0 Å². The molecule has 22 heavy (non-hydrogen) atoms. The molecule has 0 unspecified atom stereocenters. The van der Waals surface area contributed by atoms with Crippen LogP contribution in [0.5, 0.6) is 11.5 Å². The third kappa shape index (κ3) is 4.29. The molecule has 1 aromatic carbocycles. The van der Waals surface area contributed by atoms with Crippen molar-refractivity contribution in [3.05, 3.63) is 23.8 Å². The predicted octanol–water partition coefficient (Wildman–Crippen LogP) is 2.83. The number of carbonyl (C=O) groups excluding carboxylic acids is 1. The van der Waals surface area contributed by atoms with E-state index in [1.54, 1.807) is 0 Å². The maximum absolute atomic E-state index is 11.8. The molecule has 1 aliphatic rings. The van der Waals surface area contributed by atoms with E-state index < -0.39 is 0 Å². The highest BCUT2D eigenvalue weighted by atomic mass is 16.6. The average Bonchev–Trinajstić information content (AvgIpc) is 2.53. The van der Waals surface area contributed by atoms with Crippen molar-refractivity contribution in [1.82, 2.24) is 10.6 Å². The van der Waals surface area contributed by atoms with Gasteiger partial charge in [-0.25, -0.2) is 4.79 Å². The van der Waals surface area contributed by atoms with Gasteiger partial charge in [0.1, 0.15) is 13.2 Å². The maximum atomic E-state index is 11.8. The largest absolute Gasteiger partial charge is 0.486 e. The number of urea groups is 1. The molecule has 1 aromatic rings. The lowest BCUT2D eigenvalue weighted by molar-refractivity contribution is 0.171. The Morgan fingerprint density at radius 1 is 1.18 bits per heavy atom. The number of ether oxygens (including phenoxy) is 2. The summed E-state index contributed by atoms with van der Waals surface area (Å²) in [6.45, 7) is 8.75. The number of unbranched alkanes of at least 4 members (excludes halogenated alkanes) is 1. The summed E-state index contributed by atoms with van der Waals surface area (Å²) in [6, 6.07) is 5.86. The molecule has 122 valence electrons. The van der Waals surface area contributed by atoms with Gasteiger partial charge < -0.3 is 20.1 Å². The summed E-state index contributed by atoms with van der Waals surface area (Å²) in [5.41, 5.74) is 0.934. The van der Waals surface area contributed by atoms with E-state index in [-0.39, 0.29) is 11.4 Å². The minimum absolute atomic E-state index is 0.112. The molecule has 0 saturated heterocycles. The van der Waals surface area contributed by atoms with Crippen molar-refractivity contribution in [1.29, 1.82) is 0 Å². The molecule has 0 fully saturated rings. The van der Waals surface area contributed by atoms with Gasteiger partial charge in [0.05, 0.1) is 0 Å². The number of rotatable bonds is 6. The molecule has 0 bridgehead atoms. The third-order valence-corrected chi connectivity index (χ3v) is 3.83. The molecular formula is C17H26N2O3. The van der Waals surface area contributed by atoms with Crippen LogP contribution in [0, 0.1) is 0 Å². The predicted molar refractivity (Wildman–Crippen MR) is 86.8 cm³/mol. The standard InChI is InChI=1S/C17H26N2O3/c1-4-5-8-18-16(20)19-12-17(2,3)13-6-7-14-15(11-13)22-10-9-21-14/h6-7,11H,4-5,8-10,12H2,1-3H3,(H2,18,19,20). The van der Waals surface area contributed by atoms with Crippen molar-refractivity contribution in [3.8, 4) is 11.5 Å². The van der Waals surface area contributed by atoms with Crippen LogP contribution in [0.3, 0.4) is 0 Å². The Hall–Kier alpha value is -1.91. The van der Waals surface area contributed by atoms with Crippen molar-refractivity contribution < 1.29 is 14.3 Å². The van der Waals surface area contributed by atoms with Crippen LogP contribution in [0.4, 0.5) is 4.79 Å². The van der Waals surface area contributed by atoms with Crippen molar-refractivity contribution in [2.24, 2.45) is 0 Å². The van der Waals surface area contributed by atoms with Crippen LogP contribution in [0.1, 0.15) is 39.2 Å². The van der Waals surface area contributed by atoms with Gasteiger partial charge in [0.25, 0.3) is 0 Å². The van der Waals surface area contributed by atoms with E-state index in [1.807, 2.05) is 18.2 Å². The molecule has 5 heteroatoms. The highest BCUT2D eigenvalue weighted by Gasteiger charge is 2.24. The van der Waals surface area contributed by atoms with Crippen molar-refractivity contribution in [2.45, 2.75) is 39.0 Å². The summed E-state index contributed by atoms with van der Waals surface area (Å²) >= 11 is 0. The Kier molecular flexibility index (Phi) is 5.52. The summed E-state index contributed by atoms with van der Waals surface area (Å²) < 4.78 is 11.2. The van der Waals surface area contributed by atoms with Crippen LogP contribution in [0.25, 0.3) is 0 Å². The Labute approximate surface area is 132 Å². The lowest BCUT2D eigenvalue weighted by Gasteiger charge is -2.27. The maximum Gasteiger partial charge on any atom is 0.314 e. The molecule has 0 aliphatic carbocycles. The summed E-state index contributed by atoms with van der Waals surface area (Å²) in [7, 11) is 0. The van der Waals surface area contributed by atoms with Gasteiger partial charge in [0.2, 0.25) is 0 Å². The van der Waals surface area contributed by atoms with Gasteiger partial charge in [0, 0.05) is 18.5 Å². The molecule has 0 radical (unpaired) electrons. The number of hydrogen-bond donors (Lipinski definition) is 2. The molecule has 0 saturated carbocycles. The minimum atomic E-state index is -0.183. The first kappa shape index (κ1) is 16.5. The van der Waals surface area contributed by atoms with Crippen molar-refractivity contribution >= 4 is 6.03 Å². The lowest BCUT2D eigenvalue weighted by Crippen LogP contribution is -2.42. The molecule has 1 aliphatic heterocycles. The second kappa shape index (κ2) is 7.38. The highest BCUT2D eigenvalue weighted by molar-refractivity contribution is 5.73. The molecule has 0 aromatic heterocycles. The molecule has 0 spiro atoms. The molecule has 2 amide bonds. The van der Waals surface area contributed by atoms with Gasteiger partial charge in [-0.3, -0.25) is 0 Å². The molecule has 2 rings (SSSR count). The Bertz CT molecular complexity index is 515. The van der Waals surface area contributed by atoms with Crippen molar-refractivity contribution in [2.75, 3.05) is 26.3 Å². The fraction of sp³-hybridized carbons (Fsp3) is 0.588. The van der Waals surface area contributed by atoms with E-state index in [1.165, 1.54) is 0 Å². The zero-order valence-electron chi connectivity index (χ0n) is 13.7. The second-order valence-electron chi connectivity index (χ2n) is 6.21. The van der Waals surface area contributed by atoms with E-state index >= 15 is 0 Å². The van der Waals surface area contributed by atoms with E-state index in [4.69, 9.17) is 9.47 Å². The number of amides is 2. The topological polar surface area (TPSA) is 59.6 Å².